The SMILES string of the molecule is CC(C)(C)OC(=O)N(CCCN)CCN(C=O)Cc1ccccc1.CCCCCCOc1cc(C)cc(F)c1. The minimum atomic E-state index is -0.549. The number of carbonyl (C=O) groups excluding carboxylic acids is 2. The van der Waals surface area contributed by atoms with Crippen molar-refractivity contribution in [3.63, 3.8) is 0 Å². The highest BCUT2D eigenvalue weighted by atomic mass is 19.1. The van der Waals surface area contributed by atoms with E-state index in [0.717, 1.165) is 24.0 Å². The molecule has 0 spiro atoms. The second-order valence-corrected chi connectivity index (χ2v) is 10.5. The van der Waals surface area contributed by atoms with Crippen molar-refractivity contribution >= 4 is 12.5 Å². The van der Waals surface area contributed by atoms with Crippen LogP contribution in [0.2, 0.25) is 0 Å². The fourth-order valence-electron chi connectivity index (χ4n) is 3.64. The van der Waals surface area contributed by atoms with Gasteiger partial charge in [0.25, 0.3) is 0 Å². The van der Waals surface area contributed by atoms with E-state index in [-0.39, 0.29) is 11.9 Å². The van der Waals surface area contributed by atoms with Gasteiger partial charge in [-0.15, -0.1) is 0 Å². The molecule has 0 saturated carbocycles. The number of ether oxygens (including phenoxy) is 2. The number of rotatable bonds is 15. The van der Waals surface area contributed by atoms with Gasteiger partial charge in [-0.3, -0.25) is 4.79 Å². The fraction of sp³-hybridized carbons (Fsp3) is 0.548. The van der Waals surface area contributed by atoms with Crippen molar-refractivity contribution in [2.75, 3.05) is 32.8 Å². The van der Waals surface area contributed by atoms with Gasteiger partial charge in [0.05, 0.1) is 6.61 Å². The largest absolute Gasteiger partial charge is 0.493 e. The zero-order valence-corrected chi connectivity index (χ0v) is 24.5. The second kappa shape index (κ2) is 19.0. The molecule has 0 saturated heterocycles. The molecule has 39 heavy (non-hydrogen) atoms. The van der Waals surface area contributed by atoms with Crippen LogP contribution in [-0.4, -0.2) is 60.7 Å². The molecule has 2 rings (SSSR count). The van der Waals surface area contributed by atoms with E-state index in [0.29, 0.717) is 51.5 Å². The summed E-state index contributed by atoms with van der Waals surface area (Å²) in [6, 6.07) is 14.6. The summed E-state index contributed by atoms with van der Waals surface area (Å²) < 4.78 is 23.9. The molecule has 218 valence electrons. The molecule has 0 aliphatic carbocycles. The highest BCUT2D eigenvalue weighted by Gasteiger charge is 2.22. The standard InChI is InChI=1S/C18H29N3O3.C13H19FO/c1-18(2,3)24-17(23)21(11-7-10-19)13-12-20(15-22)14-16-8-5-4-6-9-16;1-3-4-5-6-7-15-13-9-11(2)8-12(14)10-13/h4-6,8-9,15H,7,10-14,19H2,1-3H3;8-10H,3-7H2,1-2H3. The molecule has 0 unspecified atom stereocenters. The summed E-state index contributed by atoms with van der Waals surface area (Å²) in [7, 11) is 0. The first-order valence-electron chi connectivity index (χ1n) is 13.9. The summed E-state index contributed by atoms with van der Waals surface area (Å²) in [4.78, 5) is 26.8. The van der Waals surface area contributed by atoms with Crippen LogP contribution in [0.1, 0.15) is 70.9 Å². The van der Waals surface area contributed by atoms with Crippen LogP contribution in [0.15, 0.2) is 48.5 Å². The first-order chi connectivity index (χ1) is 18.6. The van der Waals surface area contributed by atoms with Crippen LogP contribution in [0.5, 0.6) is 5.75 Å². The van der Waals surface area contributed by atoms with Crippen LogP contribution in [-0.2, 0) is 16.1 Å². The van der Waals surface area contributed by atoms with Gasteiger partial charge in [0.1, 0.15) is 17.2 Å². The summed E-state index contributed by atoms with van der Waals surface area (Å²) >= 11 is 0. The Balaban J connectivity index is 0.000000434. The van der Waals surface area contributed by atoms with E-state index in [9.17, 15) is 14.0 Å². The minimum absolute atomic E-state index is 0.224. The monoisotopic (exact) mass is 545 g/mol. The van der Waals surface area contributed by atoms with Crippen LogP contribution in [0, 0.1) is 12.7 Å². The van der Waals surface area contributed by atoms with Crippen molar-refractivity contribution in [2.45, 2.75) is 78.9 Å². The van der Waals surface area contributed by atoms with Crippen molar-refractivity contribution in [3.05, 3.63) is 65.5 Å². The summed E-state index contributed by atoms with van der Waals surface area (Å²) in [5.74, 6) is 0.419. The van der Waals surface area contributed by atoms with Crippen molar-refractivity contribution < 1.29 is 23.5 Å². The molecule has 2 N–H and O–H groups in total. The molecular formula is C31H48FN3O4. The second-order valence-electron chi connectivity index (χ2n) is 10.5. The Morgan fingerprint density at radius 1 is 1.00 bits per heavy atom. The van der Waals surface area contributed by atoms with Gasteiger partial charge >= 0.3 is 6.09 Å². The lowest BCUT2D eigenvalue weighted by Crippen LogP contribution is -2.42. The highest BCUT2D eigenvalue weighted by molar-refractivity contribution is 5.68. The molecule has 2 aromatic rings. The number of nitrogens with two attached hydrogens (primary N) is 1. The normalized spacial score (nSPS) is 10.7. The Bertz CT molecular complexity index is 930. The number of unbranched alkanes of at least 4 members (excludes halogenated alkanes) is 3. The lowest BCUT2D eigenvalue weighted by Gasteiger charge is -2.29. The molecule has 0 fully saturated rings. The number of hydrogen-bond acceptors (Lipinski definition) is 5. The van der Waals surface area contributed by atoms with E-state index in [2.05, 4.69) is 6.92 Å². The lowest BCUT2D eigenvalue weighted by atomic mass is 10.2. The number of benzene rings is 2. The fourth-order valence-corrected chi connectivity index (χ4v) is 3.64. The molecule has 0 bridgehead atoms. The molecule has 0 radical (unpaired) electrons. The van der Waals surface area contributed by atoms with E-state index >= 15 is 0 Å². The first kappa shape index (κ1) is 33.9. The van der Waals surface area contributed by atoms with Gasteiger partial charge in [0.2, 0.25) is 6.41 Å². The van der Waals surface area contributed by atoms with Gasteiger partial charge in [-0.2, -0.15) is 0 Å². The van der Waals surface area contributed by atoms with Crippen LogP contribution in [0.25, 0.3) is 0 Å². The van der Waals surface area contributed by atoms with Crippen molar-refractivity contribution in [3.8, 4) is 5.75 Å². The Kier molecular flexibility index (Phi) is 16.5. The maximum atomic E-state index is 13.0. The number of amides is 2. The third kappa shape index (κ3) is 16.4. The minimum Gasteiger partial charge on any atom is -0.493 e. The summed E-state index contributed by atoms with van der Waals surface area (Å²) in [5, 5.41) is 0. The van der Waals surface area contributed by atoms with Gasteiger partial charge < -0.3 is 25.0 Å². The maximum absolute atomic E-state index is 13.0. The van der Waals surface area contributed by atoms with Crippen molar-refractivity contribution in [2.24, 2.45) is 5.73 Å². The Labute approximate surface area is 234 Å². The van der Waals surface area contributed by atoms with Gasteiger partial charge in [-0.1, -0.05) is 56.5 Å². The molecule has 0 heterocycles. The Morgan fingerprint density at radius 3 is 2.31 bits per heavy atom. The molecule has 0 aromatic heterocycles. The number of nitrogens with zero attached hydrogens (tertiary/aromatic N) is 2. The molecule has 8 heteroatoms. The number of carbonyl (C=O) groups is 2. The number of hydrogen-bond donors (Lipinski definition) is 1. The van der Waals surface area contributed by atoms with Gasteiger partial charge in [0, 0.05) is 32.2 Å². The smallest absolute Gasteiger partial charge is 0.410 e. The van der Waals surface area contributed by atoms with Crippen LogP contribution in [0.3, 0.4) is 0 Å². The Morgan fingerprint density at radius 2 is 1.72 bits per heavy atom. The van der Waals surface area contributed by atoms with E-state index in [1.165, 1.54) is 31.4 Å². The van der Waals surface area contributed by atoms with Crippen molar-refractivity contribution in [1.82, 2.24) is 9.80 Å². The molecule has 2 amide bonds. The zero-order chi connectivity index (χ0) is 29.1. The van der Waals surface area contributed by atoms with Crippen LogP contribution in [0.4, 0.5) is 9.18 Å². The topological polar surface area (TPSA) is 85.1 Å². The van der Waals surface area contributed by atoms with E-state index in [1.807, 2.05) is 64.1 Å². The predicted octanol–water partition coefficient (Wildman–Crippen LogP) is 6.32. The molecule has 0 atom stereocenters. The van der Waals surface area contributed by atoms with E-state index < -0.39 is 5.60 Å². The predicted molar refractivity (Wildman–Crippen MR) is 155 cm³/mol. The van der Waals surface area contributed by atoms with Gasteiger partial charge in [0.15, 0.2) is 0 Å². The third-order valence-corrected chi connectivity index (χ3v) is 5.60. The number of halogens is 1. The van der Waals surface area contributed by atoms with Crippen LogP contribution < -0.4 is 10.5 Å². The molecule has 2 aromatic carbocycles. The van der Waals surface area contributed by atoms with Crippen molar-refractivity contribution in [1.29, 1.82) is 0 Å². The molecule has 7 nitrogen and oxygen atoms in total. The third-order valence-electron chi connectivity index (χ3n) is 5.60. The average molecular weight is 546 g/mol. The van der Waals surface area contributed by atoms with E-state index in [4.69, 9.17) is 15.2 Å². The summed E-state index contributed by atoms with van der Waals surface area (Å²) in [5.41, 5.74) is 6.95. The van der Waals surface area contributed by atoms with E-state index in [1.54, 1.807) is 9.80 Å². The zero-order valence-electron chi connectivity index (χ0n) is 24.5. The van der Waals surface area contributed by atoms with Crippen LogP contribution >= 0.6 is 0 Å². The first-order valence-corrected chi connectivity index (χ1v) is 13.9. The highest BCUT2D eigenvalue weighted by Crippen LogP contribution is 2.16. The average Bonchev–Trinajstić information content (AvgIpc) is 2.87. The summed E-state index contributed by atoms with van der Waals surface area (Å²) in [6.07, 6.45) is 5.82. The lowest BCUT2D eigenvalue weighted by molar-refractivity contribution is -0.118. The molecule has 0 aliphatic rings. The van der Waals surface area contributed by atoms with Gasteiger partial charge in [-0.25, -0.2) is 9.18 Å². The summed E-state index contributed by atoms with van der Waals surface area (Å²) in [6.45, 7) is 12.6. The van der Waals surface area contributed by atoms with Gasteiger partial charge in [-0.05, 0) is 70.3 Å². The molecule has 0 aliphatic heterocycles. The molecular weight excluding hydrogens is 497 g/mol. The Hall–Kier alpha value is -3.13. The number of aryl methyl sites for hydroxylation is 1. The maximum Gasteiger partial charge on any atom is 0.410 e. The quantitative estimate of drug-likeness (QED) is 0.209.